The molecule has 5 nitrogen and oxygen atoms in total. The number of nitrogens with zero attached hydrogens (tertiary/aromatic N) is 1. The zero-order valence-corrected chi connectivity index (χ0v) is 12.9. The van der Waals surface area contributed by atoms with Gasteiger partial charge < -0.3 is 19.1 Å². The van der Waals surface area contributed by atoms with Crippen molar-refractivity contribution in [1.29, 1.82) is 0 Å². The molecule has 1 N–H and O–H groups in total. The Bertz CT molecular complexity index is 583. The van der Waals surface area contributed by atoms with Crippen molar-refractivity contribution in [3.8, 4) is 11.5 Å². The summed E-state index contributed by atoms with van der Waals surface area (Å²) in [4.78, 5) is 0. The standard InChI is InChI=1S/C14H16BrNO4/c1-3-18-13-6-10(7-17)5-12(15)14(13)19-8-11-4-9(2)16-20-11/h4-6,17H,3,7-8H2,1-2H3. The first-order chi connectivity index (χ1) is 9.63. The summed E-state index contributed by atoms with van der Waals surface area (Å²) in [6, 6.07) is 5.37. The van der Waals surface area contributed by atoms with Gasteiger partial charge in [-0.3, -0.25) is 0 Å². The number of aromatic nitrogens is 1. The van der Waals surface area contributed by atoms with Crippen LogP contribution in [-0.4, -0.2) is 16.9 Å². The van der Waals surface area contributed by atoms with Crippen molar-refractivity contribution < 1.29 is 19.1 Å². The number of aliphatic hydroxyl groups excluding tert-OH is 1. The Labute approximate surface area is 125 Å². The van der Waals surface area contributed by atoms with Gasteiger partial charge >= 0.3 is 0 Å². The highest BCUT2D eigenvalue weighted by Gasteiger charge is 2.13. The minimum atomic E-state index is -0.0553. The average Bonchev–Trinajstić information content (AvgIpc) is 2.83. The monoisotopic (exact) mass is 341 g/mol. The molecule has 0 saturated carbocycles. The van der Waals surface area contributed by atoms with Crippen LogP contribution in [0.2, 0.25) is 0 Å². The highest BCUT2D eigenvalue weighted by molar-refractivity contribution is 9.10. The van der Waals surface area contributed by atoms with E-state index in [-0.39, 0.29) is 13.2 Å². The fourth-order valence-electron chi connectivity index (χ4n) is 1.74. The van der Waals surface area contributed by atoms with Crippen molar-refractivity contribution in [3.05, 3.63) is 39.7 Å². The number of aliphatic hydroxyl groups is 1. The van der Waals surface area contributed by atoms with Crippen molar-refractivity contribution >= 4 is 15.9 Å². The van der Waals surface area contributed by atoms with Gasteiger partial charge in [0.1, 0.15) is 6.61 Å². The minimum absolute atomic E-state index is 0.0553. The van der Waals surface area contributed by atoms with Gasteiger partial charge in [0.15, 0.2) is 17.3 Å². The summed E-state index contributed by atoms with van der Waals surface area (Å²) in [5.74, 6) is 1.81. The molecule has 108 valence electrons. The van der Waals surface area contributed by atoms with Crippen LogP contribution in [0.25, 0.3) is 0 Å². The molecule has 1 heterocycles. The van der Waals surface area contributed by atoms with Gasteiger partial charge in [-0.25, -0.2) is 0 Å². The molecular formula is C14H16BrNO4. The fraction of sp³-hybridized carbons (Fsp3) is 0.357. The second-order valence-electron chi connectivity index (χ2n) is 4.22. The molecule has 0 atom stereocenters. The van der Waals surface area contributed by atoms with Crippen LogP contribution in [0.3, 0.4) is 0 Å². The summed E-state index contributed by atoms with van der Waals surface area (Å²) in [5, 5.41) is 13.0. The van der Waals surface area contributed by atoms with E-state index in [2.05, 4.69) is 21.1 Å². The van der Waals surface area contributed by atoms with E-state index < -0.39 is 0 Å². The summed E-state index contributed by atoms with van der Waals surface area (Å²) in [6.07, 6.45) is 0. The maximum atomic E-state index is 9.22. The Morgan fingerprint density at radius 1 is 1.30 bits per heavy atom. The maximum Gasteiger partial charge on any atom is 0.176 e. The molecular weight excluding hydrogens is 326 g/mol. The van der Waals surface area contributed by atoms with E-state index in [4.69, 9.17) is 14.0 Å². The van der Waals surface area contributed by atoms with E-state index in [1.54, 1.807) is 12.1 Å². The lowest BCUT2D eigenvalue weighted by atomic mass is 10.2. The van der Waals surface area contributed by atoms with Crippen LogP contribution < -0.4 is 9.47 Å². The van der Waals surface area contributed by atoms with E-state index in [9.17, 15) is 5.11 Å². The molecule has 2 rings (SSSR count). The third kappa shape index (κ3) is 3.52. The van der Waals surface area contributed by atoms with Crippen LogP contribution in [0.1, 0.15) is 23.9 Å². The van der Waals surface area contributed by atoms with Gasteiger partial charge in [0.05, 0.1) is 23.4 Å². The van der Waals surface area contributed by atoms with E-state index in [1.165, 1.54) is 0 Å². The first-order valence-electron chi connectivity index (χ1n) is 6.25. The Morgan fingerprint density at radius 3 is 2.70 bits per heavy atom. The summed E-state index contributed by atoms with van der Waals surface area (Å²) in [7, 11) is 0. The first-order valence-corrected chi connectivity index (χ1v) is 7.04. The molecule has 0 fully saturated rings. The van der Waals surface area contributed by atoms with Gasteiger partial charge in [-0.15, -0.1) is 0 Å². The third-order valence-corrected chi connectivity index (χ3v) is 3.18. The highest BCUT2D eigenvalue weighted by atomic mass is 79.9. The van der Waals surface area contributed by atoms with Crippen molar-refractivity contribution in [3.63, 3.8) is 0 Å². The first kappa shape index (κ1) is 14.9. The number of aryl methyl sites for hydroxylation is 1. The molecule has 0 bridgehead atoms. The Hall–Kier alpha value is -1.53. The second kappa shape index (κ2) is 6.76. The molecule has 6 heteroatoms. The van der Waals surface area contributed by atoms with Crippen molar-refractivity contribution in [2.75, 3.05) is 6.61 Å². The van der Waals surface area contributed by atoms with E-state index in [1.807, 2.05) is 19.9 Å². The second-order valence-corrected chi connectivity index (χ2v) is 5.07. The van der Waals surface area contributed by atoms with Crippen molar-refractivity contribution in [2.24, 2.45) is 0 Å². The molecule has 0 unspecified atom stereocenters. The molecule has 20 heavy (non-hydrogen) atoms. The van der Waals surface area contributed by atoms with Crippen LogP contribution in [-0.2, 0) is 13.2 Å². The molecule has 2 aromatic rings. The molecule has 0 saturated heterocycles. The van der Waals surface area contributed by atoms with E-state index in [0.717, 1.165) is 15.7 Å². The Balaban J connectivity index is 2.20. The molecule has 0 aliphatic carbocycles. The zero-order valence-electron chi connectivity index (χ0n) is 11.4. The number of ether oxygens (including phenoxy) is 2. The lowest BCUT2D eigenvalue weighted by Crippen LogP contribution is -2.01. The predicted octanol–water partition coefficient (Wildman–Crippen LogP) is 3.22. The molecule has 0 spiro atoms. The van der Waals surface area contributed by atoms with Gasteiger partial charge in [-0.1, -0.05) is 5.16 Å². The van der Waals surface area contributed by atoms with Gasteiger partial charge in [0.25, 0.3) is 0 Å². The van der Waals surface area contributed by atoms with Crippen LogP contribution in [0.15, 0.2) is 27.2 Å². The van der Waals surface area contributed by atoms with E-state index in [0.29, 0.717) is 23.9 Å². The lowest BCUT2D eigenvalue weighted by molar-refractivity contribution is 0.230. The summed E-state index contributed by atoms with van der Waals surface area (Å²) >= 11 is 3.43. The summed E-state index contributed by atoms with van der Waals surface area (Å²) in [6.45, 7) is 4.46. The minimum Gasteiger partial charge on any atom is -0.490 e. The smallest absolute Gasteiger partial charge is 0.176 e. The topological polar surface area (TPSA) is 64.7 Å². The largest absolute Gasteiger partial charge is 0.490 e. The van der Waals surface area contributed by atoms with Crippen molar-refractivity contribution in [1.82, 2.24) is 5.16 Å². The Morgan fingerprint density at radius 2 is 2.10 bits per heavy atom. The number of hydrogen-bond donors (Lipinski definition) is 1. The highest BCUT2D eigenvalue weighted by Crippen LogP contribution is 2.37. The number of halogens is 1. The van der Waals surface area contributed by atoms with E-state index >= 15 is 0 Å². The van der Waals surface area contributed by atoms with Crippen LogP contribution in [0, 0.1) is 6.92 Å². The third-order valence-electron chi connectivity index (χ3n) is 2.59. The number of rotatable bonds is 6. The zero-order chi connectivity index (χ0) is 14.5. The average molecular weight is 342 g/mol. The van der Waals surface area contributed by atoms with Gasteiger partial charge in [-0.2, -0.15) is 0 Å². The molecule has 1 aromatic heterocycles. The summed E-state index contributed by atoms with van der Waals surface area (Å²) < 4.78 is 17.1. The molecule has 0 radical (unpaired) electrons. The predicted molar refractivity (Wildman–Crippen MR) is 76.8 cm³/mol. The van der Waals surface area contributed by atoms with Crippen molar-refractivity contribution in [2.45, 2.75) is 27.1 Å². The van der Waals surface area contributed by atoms with Gasteiger partial charge in [0.2, 0.25) is 0 Å². The normalized spacial score (nSPS) is 10.6. The lowest BCUT2D eigenvalue weighted by Gasteiger charge is -2.14. The SMILES string of the molecule is CCOc1cc(CO)cc(Br)c1OCc1cc(C)no1. The van der Waals surface area contributed by atoms with Crippen LogP contribution in [0.4, 0.5) is 0 Å². The summed E-state index contributed by atoms with van der Waals surface area (Å²) in [5.41, 5.74) is 1.56. The molecule has 0 aliphatic rings. The van der Waals surface area contributed by atoms with Crippen LogP contribution >= 0.6 is 15.9 Å². The molecule has 1 aromatic carbocycles. The fourth-order valence-corrected chi connectivity index (χ4v) is 2.35. The maximum absolute atomic E-state index is 9.22. The van der Waals surface area contributed by atoms with Crippen LogP contribution in [0.5, 0.6) is 11.5 Å². The number of benzene rings is 1. The molecule has 0 amide bonds. The molecule has 0 aliphatic heterocycles. The Kier molecular flexibility index (Phi) is 5.03. The quantitative estimate of drug-likeness (QED) is 0.873. The number of hydrogen-bond acceptors (Lipinski definition) is 5. The van der Waals surface area contributed by atoms with Gasteiger partial charge in [-0.05, 0) is 47.5 Å². The van der Waals surface area contributed by atoms with Gasteiger partial charge in [0, 0.05) is 6.07 Å².